The lowest BCUT2D eigenvalue weighted by Crippen LogP contribution is -2.49. The van der Waals surface area contributed by atoms with Crippen molar-refractivity contribution in [3.8, 4) is 5.75 Å². The minimum Gasteiger partial charge on any atom is -0.493 e. The average molecular weight is 444 g/mol. The van der Waals surface area contributed by atoms with E-state index in [1.165, 1.54) is 24.1 Å². The summed E-state index contributed by atoms with van der Waals surface area (Å²) in [4.78, 5) is 16.0. The van der Waals surface area contributed by atoms with Crippen molar-refractivity contribution in [2.24, 2.45) is 17.1 Å². The molecule has 1 aromatic rings. The Morgan fingerprint density at radius 1 is 1.28 bits per heavy atom. The summed E-state index contributed by atoms with van der Waals surface area (Å²) in [5, 5.41) is 0. The number of anilines is 1. The van der Waals surface area contributed by atoms with E-state index in [2.05, 4.69) is 81.7 Å². The number of piperidine rings is 1. The van der Waals surface area contributed by atoms with Gasteiger partial charge in [-0.25, -0.2) is 0 Å². The number of nitrogens with two attached hydrogens (primary N) is 1. The Kier molecular flexibility index (Phi) is 10.2. The quantitative estimate of drug-likeness (QED) is 0.389. The molecule has 1 aromatic carbocycles. The van der Waals surface area contributed by atoms with Crippen LogP contribution < -0.4 is 15.4 Å². The first-order valence-corrected chi connectivity index (χ1v) is 12.1. The van der Waals surface area contributed by atoms with E-state index >= 15 is 0 Å². The number of ether oxygens (including phenoxy) is 1. The predicted molar refractivity (Wildman–Crippen MR) is 135 cm³/mol. The van der Waals surface area contributed by atoms with E-state index in [4.69, 9.17) is 10.5 Å². The fourth-order valence-corrected chi connectivity index (χ4v) is 4.27. The Balaban J connectivity index is 2.08. The summed E-state index contributed by atoms with van der Waals surface area (Å²) in [6, 6.07) is 8.70. The fraction of sp³-hybridized carbons (Fsp3) is 0.667. The summed E-state index contributed by atoms with van der Waals surface area (Å²) in [6.07, 6.45) is 6.31. The highest BCUT2D eigenvalue weighted by atomic mass is 16.5. The molecule has 0 radical (unpaired) electrons. The lowest BCUT2D eigenvalue weighted by Gasteiger charge is -2.41. The highest BCUT2D eigenvalue weighted by molar-refractivity contribution is 5.56. The van der Waals surface area contributed by atoms with Crippen LogP contribution in [0.15, 0.2) is 35.9 Å². The van der Waals surface area contributed by atoms with Gasteiger partial charge in [0.1, 0.15) is 12.0 Å². The van der Waals surface area contributed by atoms with Crippen molar-refractivity contribution in [2.45, 2.75) is 72.9 Å². The number of aldehydes is 1. The Hall–Kier alpha value is -1.85. The number of hydrogen-bond donors (Lipinski definition) is 1. The number of carbonyl (C=O) groups is 1. The molecule has 0 bridgehead atoms. The van der Waals surface area contributed by atoms with Gasteiger partial charge in [-0.1, -0.05) is 39.3 Å². The molecule has 180 valence electrons. The summed E-state index contributed by atoms with van der Waals surface area (Å²) in [6.45, 7) is 17.8. The van der Waals surface area contributed by atoms with Crippen LogP contribution in [-0.4, -0.2) is 56.1 Å². The van der Waals surface area contributed by atoms with Crippen LogP contribution in [0.1, 0.15) is 60.8 Å². The molecule has 2 rings (SSSR count). The van der Waals surface area contributed by atoms with E-state index in [0.717, 1.165) is 44.6 Å². The summed E-state index contributed by atoms with van der Waals surface area (Å²) in [7, 11) is 0. The summed E-state index contributed by atoms with van der Waals surface area (Å²) in [5.41, 5.74) is 8.57. The summed E-state index contributed by atoms with van der Waals surface area (Å²) >= 11 is 0. The maximum atomic E-state index is 10.9. The van der Waals surface area contributed by atoms with Crippen LogP contribution in [0, 0.1) is 11.3 Å². The third-order valence-corrected chi connectivity index (χ3v) is 5.88. The Morgan fingerprint density at radius 3 is 2.56 bits per heavy atom. The van der Waals surface area contributed by atoms with Gasteiger partial charge < -0.3 is 25.1 Å². The van der Waals surface area contributed by atoms with Crippen LogP contribution in [0.3, 0.4) is 0 Å². The van der Waals surface area contributed by atoms with Gasteiger partial charge in [0.2, 0.25) is 0 Å². The molecule has 0 aliphatic carbocycles. The molecule has 2 N–H and O–H groups in total. The molecular formula is C27H45N3O2. The molecule has 0 amide bonds. The molecular weight excluding hydrogens is 398 g/mol. The molecule has 3 unspecified atom stereocenters. The Morgan fingerprint density at radius 2 is 1.97 bits per heavy atom. The number of carbonyl (C=O) groups excluding carboxylic acids is 1. The molecule has 0 saturated carbocycles. The number of hydrogen-bond acceptors (Lipinski definition) is 5. The van der Waals surface area contributed by atoms with Crippen LogP contribution >= 0.6 is 0 Å². The fourth-order valence-electron chi connectivity index (χ4n) is 4.27. The van der Waals surface area contributed by atoms with Gasteiger partial charge in [-0.05, 0) is 75.3 Å². The minimum atomic E-state index is -0.348. The van der Waals surface area contributed by atoms with E-state index in [9.17, 15) is 4.79 Å². The molecule has 1 fully saturated rings. The molecule has 1 aliphatic heterocycles. The number of rotatable bonds is 11. The molecule has 0 spiro atoms. The van der Waals surface area contributed by atoms with Gasteiger partial charge in [0.25, 0.3) is 0 Å². The van der Waals surface area contributed by atoms with Gasteiger partial charge >= 0.3 is 0 Å². The molecule has 1 heterocycles. The second-order valence-corrected chi connectivity index (χ2v) is 11.0. The Labute approximate surface area is 196 Å². The van der Waals surface area contributed by atoms with Crippen molar-refractivity contribution in [1.29, 1.82) is 0 Å². The third-order valence-electron chi connectivity index (χ3n) is 5.88. The zero-order valence-corrected chi connectivity index (χ0v) is 21.1. The first-order chi connectivity index (χ1) is 15.1. The van der Waals surface area contributed by atoms with Crippen molar-refractivity contribution < 1.29 is 9.53 Å². The topological polar surface area (TPSA) is 58.8 Å². The van der Waals surface area contributed by atoms with Crippen molar-refractivity contribution in [3.63, 3.8) is 0 Å². The van der Waals surface area contributed by atoms with Gasteiger partial charge in [0, 0.05) is 31.4 Å². The van der Waals surface area contributed by atoms with Gasteiger partial charge in [0.15, 0.2) is 0 Å². The first-order valence-electron chi connectivity index (χ1n) is 12.1. The maximum Gasteiger partial charge on any atom is 0.136 e. The lowest BCUT2D eigenvalue weighted by molar-refractivity contribution is -0.109. The predicted octanol–water partition coefficient (Wildman–Crippen LogP) is 4.90. The number of likely N-dealkylation sites (tertiary alicyclic amines) is 1. The van der Waals surface area contributed by atoms with E-state index in [0.29, 0.717) is 18.6 Å². The minimum absolute atomic E-state index is 0.145. The standard InChI is InChI=1S/C27H45N3O2/c1-21(2)13-15-30(24-9-11-26(12-10-24)32-20-27(4,5)6)25-8-7-14-29(18-25)17-22(3)16-23(28)19-31/h9-13,19,22-23,25H,7-8,14-18,20,28H2,1-6H3. The molecule has 32 heavy (non-hydrogen) atoms. The van der Waals surface area contributed by atoms with E-state index in [1.807, 2.05) is 0 Å². The van der Waals surface area contributed by atoms with Crippen LogP contribution in [-0.2, 0) is 4.79 Å². The van der Waals surface area contributed by atoms with Crippen molar-refractivity contribution in [1.82, 2.24) is 4.90 Å². The lowest BCUT2D eigenvalue weighted by atomic mass is 9.98. The normalized spacial score (nSPS) is 19.2. The largest absolute Gasteiger partial charge is 0.493 e. The van der Waals surface area contributed by atoms with Crippen LogP contribution in [0.5, 0.6) is 5.75 Å². The molecule has 5 heteroatoms. The zero-order valence-electron chi connectivity index (χ0n) is 21.1. The molecule has 0 aromatic heterocycles. The van der Waals surface area contributed by atoms with Gasteiger partial charge in [-0.15, -0.1) is 0 Å². The molecule has 5 nitrogen and oxygen atoms in total. The highest BCUT2D eigenvalue weighted by Gasteiger charge is 2.26. The molecule has 1 saturated heterocycles. The zero-order chi connectivity index (χ0) is 23.7. The summed E-state index contributed by atoms with van der Waals surface area (Å²) in [5.74, 6) is 1.34. The van der Waals surface area contributed by atoms with Crippen molar-refractivity contribution in [3.05, 3.63) is 35.9 Å². The van der Waals surface area contributed by atoms with Crippen LogP contribution in [0.2, 0.25) is 0 Å². The van der Waals surface area contributed by atoms with Gasteiger partial charge in [-0.3, -0.25) is 0 Å². The second kappa shape index (κ2) is 12.4. The summed E-state index contributed by atoms with van der Waals surface area (Å²) < 4.78 is 5.98. The van der Waals surface area contributed by atoms with E-state index in [-0.39, 0.29) is 11.5 Å². The van der Waals surface area contributed by atoms with E-state index < -0.39 is 0 Å². The van der Waals surface area contributed by atoms with E-state index in [1.54, 1.807) is 0 Å². The first kappa shape index (κ1) is 26.4. The van der Waals surface area contributed by atoms with Crippen molar-refractivity contribution in [2.75, 3.05) is 37.7 Å². The van der Waals surface area contributed by atoms with Gasteiger partial charge in [-0.2, -0.15) is 0 Å². The smallest absolute Gasteiger partial charge is 0.136 e. The molecule has 3 atom stereocenters. The highest BCUT2D eigenvalue weighted by Crippen LogP contribution is 2.27. The molecule has 1 aliphatic rings. The SMILES string of the molecule is CC(C)=CCN(c1ccc(OCC(C)(C)C)cc1)C1CCCN(CC(C)CC(N)C=O)C1. The average Bonchev–Trinajstić information content (AvgIpc) is 2.72. The Bertz CT molecular complexity index is 719. The van der Waals surface area contributed by atoms with Gasteiger partial charge in [0.05, 0.1) is 12.6 Å². The monoisotopic (exact) mass is 443 g/mol. The van der Waals surface area contributed by atoms with Crippen LogP contribution in [0.25, 0.3) is 0 Å². The van der Waals surface area contributed by atoms with Crippen molar-refractivity contribution >= 4 is 12.0 Å². The number of nitrogens with zero attached hydrogens (tertiary/aromatic N) is 2. The number of benzene rings is 1. The maximum absolute atomic E-state index is 10.9. The second-order valence-electron chi connectivity index (χ2n) is 11.0. The number of allylic oxidation sites excluding steroid dienone is 1. The van der Waals surface area contributed by atoms with Crippen LogP contribution in [0.4, 0.5) is 5.69 Å². The third kappa shape index (κ3) is 9.33.